The zero-order chi connectivity index (χ0) is 22.4. The number of aromatic nitrogens is 1. The van der Waals surface area contributed by atoms with E-state index < -0.39 is 21.8 Å². The van der Waals surface area contributed by atoms with E-state index in [1.807, 2.05) is 0 Å². The van der Waals surface area contributed by atoms with Gasteiger partial charge in [0.2, 0.25) is 10.0 Å². The van der Waals surface area contributed by atoms with E-state index in [2.05, 4.69) is 15.8 Å². The van der Waals surface area contributed by atoms with E-state index in [1.54, 1.807) is 36.7 Å². The summed E-state index contributed by atoms with van der Waals surface area (Å²) < 4.78 is 31.1. The van der Waals surface area contributed by atoms with Crippen LogP contribution in [0.1, 0.15) is 20.7 Å². The third kappa shape index (κ3) is 5.44. The first-order valence-electron chi connectivity index (χ1n) is 9.08. The number of pyridine rings is 1. The third-order valence-corrected chi connectivity index (χ3v) is 5.96. The lowest BCUT2D eigenvalue weighted by atomic mass is 10.2. The predicted octanol–water partition coefficient (Wildman–Crippen LogP) is 2.20. The number of sulfonamides is 1. The Morgan fingerprint density at radius 2 is 1.55 bits per heavy atom. The molecule has 0 bridgehead atoms. The number of benzene rings is 2. The normalized spacial score (nSPS) is 11.1. The molecule has 3 aromatic rings. The summed E-state index contributed by atoms with van der Waals surface area (Å²) in [7, 11) is -0.887. The van der Waals surface area contributed by atoms with Crippen LogP contribution in [0.5, 0.6) is 11.5 Å². The highest BCUT2D eigenvalue weighted by molar-refractivity contribution is 7.89. The molecule has 0 atom stereocenters. The molecule has 1 heterocycles. The van der Waals surface area contributed by atoms with E-state index in [9.17, 15) is 18.0 Å². The molecule has 0 spiro atoms. The van der Waals surface area contributed by atoms with E-state index in [0.717, 1.165) is 4.31 Å². The van der Waals surface area contributed by atoms with Crippen molar-refractivity contribution in [2.75, 3.05) is 14.1 Å². The zero-order valence-corrected chi connectivity index (χ0v) is 17.6. The number of amides is 2. The van der Waals surface area contributed by atoms with Crippen LogP contribution in [0.15, 0.2) is 78.0 Å². The van der Waals surface area contributed by atoms with E-state index in [4.69, 9.17) is 4.74 Å². The first-order valence-corrected chi connectivity index (χ1v) is 10.5. The van der Waals surface area contributed by atoms with Gasteiger partial charge < -0.3 is 4.74 Å². The van der Waals surface area contributed by atoms with Crippen LogP contribution in [0.3, 0.4) is 0 Å². The van der Waals surface area contributed by atoms with Crippen molar-refractivity contribution in [1.82, 2.24) is 20.1 Å². The monoisotopic (exact) mass is 440 g/mol. The summed E-state index contributed by atoms with van der Waals surface area (Å²) in [6.07, 6.45) is 3.20. The highest BCUT2D eigenvalue weighted by Crippen LogP contribution is 2.20. The molecule has 0 aliphatic carbocycles. The molecule has 0 fully saturated rings. The van der Waals surface area contributed by atoms with Crippen LogP contribution < -0.4 is 15.6 Å². The second-order valence-electron chi connectivity index (χ2n) is 6.54. The number of carbonyl (C=O) groups is 2. The van der Waals surface area contributed by atoms with Gasteiger partial charge in [-0.3, -0.25) is 25.4 Å². The van der Waals surface area contributed by atoms with Gasteiger partial charge in [0.25, 0.3) is 11.8 Å². The van der Waals surface area contributed by atoms with Gasteiger partial charge in [-0.25, -0.2) is 12.7 Å². The van der Waals surface area contributed by atoms with Gasteiger partial charge in [-0.15, -0.1) is 0 Å². The molecule has 2 N–H and O–H groups in total. The van der Waals surface area contributed by atoms with Crippen molar-refractivity contribution in [2.45, 2.75) is 4.90 Å². The average Bonchev–Trinajstić information content (AvgIpc) is 2.78. The van der Waals surface area contributed by atoms with Crippen molar-refractivity contribution in [3.05, 3.63) is 84.2 Å². The molecule has 0 saturated carbocycles. The molecule has 0 aliphatic rings. The lowest BCUT2D eigenvalue weighted by molar-refractivity contribution is 0.0846. The molecular formula is C21H20N4O5S. The Balaban J connectivity index is 1.61. The van der Waals surface area contributed by atoms with E-state index >= 15 is 0 Å². The van der Waals surface area contributed by atoms with Gasteiger partial charge in [0.05, 0.1) is 11.1 Å². The standard InChI is InChI=1S/C21H20N4O5S/c1-25(2)31(28,29)19-7-3-5-16(13-19)21(27)24-23-20(26)15-8-10-17(11-9-15)30-18-6-4-12-22-14-18/h3-14H,1-2H3,(H,23,26)(H,24,27). The van der Waals surface area contributed by atoms with Crippen molar-refractivity contribution >= 4 is 21.8 Å². The summed E-state index contributed by atoms with van der Waals surface area (Å²) >= 11 is 0. The second-order valence-corrected chi connectivity index (χ2v) is 8.69. The molecular weight excluding hydrogens is 420 g/mol. The maximum absolute atomic E-state index is 12.3. The average molecular weight is 440 g/mol. The number of carbonyl (C=O) groups excluding carboxylic acids is 2. The fourth-order valence-electron chi connectivity index (χ4n) is 2.48. The highest BCUT2D eigenvalue weighted by atomic mass is 32.2. The molecule has 9 nitrogen and oxygen atoms in total. The summed E-state index contributed by atoms with van der Waals surface area (Å²) in [5.41, 5.74) is 4.95. The van der Waals surface area contributed by atoms with Gasteiger partial charge in [-0.2, -0.15) is 0 Å². The predicted molar refractivity (Wildman–Crippen MR) is 113 cm³/mol. The Kier molecular flexibility index (Phi) is 6.63. The van der Waals surface area contributed by atoms with Crippen LogP contribution in [-0.2, 0) is 10.0 Å². The molecule has 31 heavy (non-hydrogen) atoms. The maximum Gasteiger partial charge on any atom is 0.269 e. The molecule has 10 heteroatoms. The van der Waals surface area contributed by atoms with Crippen molar-refractivity contribution in [1.29, 1.82) is 0 Å². The van der Waals surface area contributed by atoms with Crippen LogP contribution in [0, 0.1) is 0 Å². The molecule has 0 radical (unpaired) electrons. The molecule has 0 saturated heterocycles. The Hall–Kier alpha value is -3.76. The fraction of sp³-hybridized carbons (Fsp3) is 0.0952. The van der Waals surface area contributed by atoms with Crippen LogP contribution in [0.4, 0.5) is 0 Å². The first kappa shape index (κ1) is 21.9. The van der Waals surface area contributed by atoms with Crippen LogP contribution in [0.2, 0.25) is 0 Å². The smallest absolute Gasteiger partial charge is 0.269 e. The summed E-state index contributed by atoms with van der Waals surface area (Å²) in [6, 6.07) is 15.3. The molecule has 0 unspecified atom stereocenters. The molecule has 160 valence electrons. The summed E-state index contributed by atoms with van der Waals surface area (Å²) in [5.74, 6) is -0.114. The van der Waals surface area contributed by atoms with Crippen LogP contribution >= 0.6 is 0 Å². The minimum atomic E-state index is -3.68. The molecule has 2 amide bonds. The van der Waals surface area contributed by atoms with Gasteiger partial charge >= 0.3 is 0 Å². The number of nitrogens with zero attached hydrogens (tertiary/aromatic N) is 2. The van der Waals surface area contributed by atoms with Gasteiger partial charge in [-0.1, -0.05) is 6.07 Å². The number of rotatable bonds is 6. The topological polar surface area (TPSA) is 118 Å². The SMILES string of the molecule is CN(C)S(=O)(=O)c1cccc(C(=O)NNC(=O)c2ccc(Oc3cccnc3)cc2)c1. The van der Waals surface area contributed by atoms with Crippen molar-refractivity contribution in [3.8, 4) is 11.5 Å². The van der Waals surface area contributed by atoms with Crippen molar-refractivity contribution in [2.24, 2.45) is 0 Å². The van der Waals surface area contributed by atoms with E-state index in [1.165, 1.54) is 50.5 Å². The van der Waals surface area contributed by atoms with E-state index in [-0.39, 0.29) is 10.5 Å². The summed E-state index contributed by atoms with van der Waals surface area (Å²) in [4.78, 5) is 28.5. The lowest BCUT2D eigenvalue weighted by Crippen LogP contribution is -2.41. The quantitative estimate of drug-likeness (QED) is 0.568. The third-order valence-electron chi connectivity index (χ3n) is 4.15. The molecule has 3 rings (SSSR count). The van der Waals surface area contributed by atoms with Gasteiger partial charge in [0.15, 0.2) is 0 Å². The number of hydrazine groups is 1. The van der Waals surface area contributed by atoms with Gasteiger partial charge in [-0.05, 0) is 54.6 Å². The first-order chi connectivity index (χ1) is 14.8. The molecule has 2 aromatic carbocycles. The minimum Gasteiger partial charge on any atom is -0.456 e. The molecule has 0 aliphatic heterocycles. The Morgan fingerprint density at radius 3 is 2.16 bits per heavy atom. The van der Waals surface area contributed by atoms with Crippen LogP contribution in [0.25, 0.3) is 0 Å². The fourth-order valence-corrected chi connectivity index (χ4v) is 3.43. The van der Waals surface area contributed by atoms with Crippen LogP contribution in [-0.4, -0.2) is 43.6 Å². The largest absolute Gasteiger partial charge is 0.456 e. The van der Waals surface area contributed by atoms with Gasteiger partial charge in [0, 0.05) is 31.4 Å². The minimum absolute atomic E-state index is 0.0271. The van der Waals surface area contributed by atoms with Crippen molar-refractivity contribution in [3.63, 3.8) is 0 Å². The number of ether oxygens (including phenoxy) is 1. The molecule has 1 aromatic heterocycles. The Morgan fingerprint density at radius 1 is 0.871 bits per heavy atom. The Labute approximate surface area is 179 Å². The van der Waals surface area contributed by atoms with E-state index in [0.29, 0.717) is 17.1 Å². The second kappa shape index (κ2) is 9.37. The number of nitrogens with one attached hydrogen (secondary N) is 2. The summed E-state index contributed by atoms with van der Waals surface area (Å²) in [6.45, 7) is 0. The number of hydrogen-bond acceptors (Lipinski definition) is 6. The maximum atomic E-state index is 12.3. The summed E-state index contributed by atoms with van der Waals surface area (Å²) in [5, 5.41) is 0. The van der Waals surface area contributed by atoms with Gasteiger partial charge in [0.1, 0.15) is 11.5 Å². The zero-order valence-electron chi connectivity index (χ0n) is 16.8. The lowest BCUT2D eigenvalue weighted by Gasteiger charge is -2.12. The Bertz CT molecular complexity index is 1180. The van der Waals surface area contributed by atoms with Crippen molar-refractivity contribution < 1.29 is 22.7 Å². The number of hydrogen-bond donors (Lipinski definition) is 2. The highest BCUT2D eigenvalue weighted by Gasteiger charge is 2.19.